The molecule has 0 aliphatic carbocycles. The lowest BCUT2D eigenvalue weighted by Gasteiger charge is -2.40. The molecule has 0 saturated carbocycles. The zero-order valence-electron chi connectivity index (χ0n) is 20.1. The average molecular weight is 490 g/mol. The topological polar surface area (TPSA) is 130 Å². The average Bonchev–Trinajstić information content (AvgIpc) is 3.28. The molecule has 1 aliphatic rings. The van der Waals surface area contributed by atoms with Crippen molar-refractivity contribution < 1.29 is 42.9 Å². The van der Waals surface area contributed by atoms with Gasteiger partial charge in [0.1, 0.15) is 0 Å². The van der Waals surface area contributed by atoms with Gasteiger partial charge in [0.25, 0.3) is 0 Å². The largest absolute Gasteiger partial charge is 0.456 e. The summed E-state index contributed by atoms with van der Waals surface area (Å²) in [5, 5.41) is 1.01. The van der Waals surface area contributed by atoms with Gasteiger partial charge in [-0.1, -0.05) is 39.0 Å². The first kappa shape index (κ1) is 26.2. The van der Waals surface area contributed by atoms with E-state index in [2.05, 4.69) is 4.98 Å². The second-order valence-electron chi connectivity index (χ2n) is 8.05. The van der Waals surface area contributed by atoms with Gasteiger partial charge in [0.15, 0.2) is 12.2 Å². The number of H-pyrrole nitrogens is 1. The standard InChI is InChI=1S/C25H31NO9/c1-4-19(27)32-18-14-31-25(24(34-21(29)6-3)23(18)33-20(28)5-2)35-22(30)12-11-15-13-26-17-10-8-7-9-16(15)17/h7-10,13,18,23-26H,4-6,11-12,14H2,1-3H3/t18-,23-,24-,25+/m1/s1. The number of para-hydroxylation sites is 1. The summed E-state index contributed by atoms with van der Waals surface area (Å²) < 4.78 is 27.4. The van der Waals surface area contributed by atoms with Gasteiger partial charge in [-0.25, -0.2) is 0 Å². The third kappa shape index (κ3) is 6.82. The van der Waals surface area contributed by atoms with Gasteiger partial charge in [-0.3, -0.25) is 19.2 Å². The van der Waals surface area contributed by atoms with E-state index >= 15 is 0 Å². The number of hydrogen-bond donors (Lipinski definition) is 1. The number of rotatable bonds is 10. The van der Waals surface area contributed by atoms with Gasteiger partial charge in [0, 0.05) is 42.8 Å². The summed E-state index contributed by atoms with van der Waals surface area (Å²) >= 11 is 0. The number of fused-ring (bicyclic) bond motifs is 1. The van der Waals surface area contributed by atoms with Crippen molar-refractivity contribution in [3.8, 4) is 0 Å². The molecule has 1 aliphatic heterocycles. The Bertz CT molecular complexity index is 1050. The highest BCUT2D eigenvalue weighted by Gasteiger charge is 2.49. The van der Waals surface area contributed by atoms with E-state index in [1.807, 2.05) is 30.5 Å². The maximum absolute atomic E-state index is 12.7. The van der Waals surface area contributed by atoms with Gasteiger partial charge in [-0.15, -0.1) is 0 Å². The second kappa shape index (κ2) is 12.3. The number of esters is 4. The SMILES string of the molecule is CCC(=O)O[C@H]1[C@H](OC(=O)CCc2c[nH]c3ccccc23)OC[C@@H](OC(=O)CC)[C@H]1OC(=O)CC. The Hall–Kier alpha value is -3.40. The highest BCUT2D eigenvalue weighted by molar-refractivity contribution is 5.83. The van der Waals surface area contributed by atoms with Crippen LogP contribution in [0, 0.1) is 0 Å². The summed E-state index contributed by atoms with van der Waals surface area (Å²) in [6, 6.07) is 7.74. The first-order valence-electron chi connectivity index (χ1n) is 11.8. The minimum Gasteiger partial charge on any atom is -0.456 e. The molecule has 0 radical (unpaired) electrons. The molecule has 0 spiro atoms. The number of aromatic nitrogens is 1. The fourth-order valence-electron chi connectivity index (χ4n) is 3.70. The molecule has 1 N–H and O–H groups in total. The van der Waals surface area contributed by atoms with Crippen LogP contribution in [0.5, 0.6) is 0 Å². The Kier molecular flexibility index (Phi) is 9.25. The van der Waals surface area contributed by atoms with Crippen molar-refractivity contribution in [3.05, 3.63) is 36.0 Å². The summed E-state index contributed by atoms with van der Waals surface area (Å²) in [6.07, 6.45) is -2.34. The van der Waals surface area contributed by atoms with E-state index < -0.39 is 48.5 Å². The highest BCUT2D eigenvalue weighted by atomic mass is 16.7. The van der Waals surface area contributed by atoms with Crippen LogP contribution >= 0.6 is 0 Å². The van der Waals surface area contributed by atoms with Crippen LogP contribution in [0.15, 0.2) is 30.5 Å². The van der Waals surface area contributed by atoms with Crippen LogP contribution < -0.4 is 0 Å². The van der Waals surface area contributed by atoms with Crippen molar-refractivity contribution in [2.45, 2.75) is 77.5 Å². The van der Waals surface area contributed by atoms with Crippen LogP contribution in [0.4, 0.5) is 0 Å². The van der Waals surface area contributed by atoms with Crippen molar-refractivity contribution in [2.24, 2.45) is 0 Å². The lowest BCUT2D eigenvalue weighted by molar-refractivity contribution is -0.275. The number of aromatic amines is 1. The number of ether oxygens (including phenoxy) is 5. The Morgan fingerprint density at radius 2 is 1.49 bits per heavy atom. The zero-order valence-corrected chi connectivity index (χ0v) is 20.1. The smallest absolute Gasteiger partial charge is 0.308 e. The molecule has 4 atom stereocenters. The maximum atomic E-state index is 12.7. The van der Waals surface area contributed by atoms with Gasteiger partial charge in [0.2, 0.25) is 12.4 Å². The van der Waals surface area contributed by atoms with Crippen LogP contribution in [0.1, 0.15) is 52.0 Å². The molecule has 1 fully saturated rings. The summed E-state index contributed by atoms with van der Waals surface area (Å²) in [7, 11) is 0. The van der Waals surface area contributed by atoms with E-state index in [0.717, 1.165) is 16.5 Å². The monoisotopic (exact) mass is 489 g/mol. The molecule has 0 amide bonds. The molecule has 1 aromatic heterocycles. The fraction of sp³-hybridized carbons (Fsp3) is 0.520. The summed E-state index contributed by atoms with van der Waals surface area (Å²) in [5.41, 5.74) is 1.92. The first-order chi connectivity index (χ1) is 16.9. The molecule has 10 heteroatoms. The molecule has 3 rings (SSSR count). The predicted molar refractivity (Wildman–Crippen MR) is 123 cm³/mol. The molecule has 10 nitrogen and oxygen atoms in total. The maximum Gasteiger partial charge on any atom is 0.308 e. The van der Waals surface area contributed by atoms with Crippen LogP contribution in [0.25, 0.3) is 10.9 Å². The number of carbonyl (C=O) groups excluding carboxylic acids is 4. The van der Waals surface area contributed by atoms with Gasteiger partial charge >= 0.3 is 23.9 Å². The lowest BCUT2D eigenvalue weighted by atomic mass is 10.0. The predicted octanol–water partition coefficient (Wildman–Crippen LogP) is 2.97. The summed E-state index contributed by atoms with van der Waals surface area (Å²) in [4.78, 5) is 52.0. The van der Waals surface area contributed by atoms with Crippen molar-refractivity contribution in [3.63, 3.8) is 0 Å². The molecule has 0 unspecified atom stereocenters. The van der Waals surface area contributed by atoms with Gasteiger partial charge in [0.05, 0.1) is 6.61 Å². The van der Waals surface area contributed by atoms with E-state index in [1.165, 1.54) is 0 Å². The third-order valence-corrected chi connectivity index (χ3v) is 5.59. The van der Waals surface area contributed by atoms with E-state index in [4.69, 9.17) is 23.7 Å². The third-order valence-electron chi connectivity index (χ3n) is 5.59. The Labute approximate surface area is 203 Å². The molecular weight excluding hydrogens is 458 g/mol. The molecule has 2 heterocycles. The highest BCUT2D eigenvalue weighted by Crippen LogP contribution is 2.27. The molecule has 1 saturated heterocycles. The quantitative estimate of drug-likeness (QED) is 0.395. The van der Waals surface area contributed by atoms with Crippen molar-refractivity contribution in [2.75, 3.05) is 6.61 Å². The first-order valence-corrected chi connectivity index (χ1v) is 11.8. The Balaban J connectivity index is 1.73. The summed E-state index contributed by atoms with van der Waals surface area (Å²) in [6.45, 7) is 4.61. The normalized spacial score (nSPS) is 21.8. The number of aryl methyl sites for hydroxylation is 1. The Morgan fingerprint density at radius 1 is 0.857 bits per heavy atom. The van der Waals surface area contributed by atoms with Crippen LogP contribution in [-0.2, 0) is 49.3 Å². The minimum atomic E-state index is -1.33. The number of carbonyl (C=O) groups is 4. The number of nitrogens with one attached hydrogen (secondary N) is 1. The zero-order chi connectivity index (χ0) is 25.4. The van der Waals surface area contributed by atoms with Crippen molar-refractivity contribution in [1.29, 1.82) is 0 Å². The van der Waals surface area contributed by atoms with Crippen molar-refractivity contribution in [1.82, 2.24) is 4.98 Å². The van der Waals surface area contributed by atoms with Crippen LogP contribution in [0.3, 0.4) is 0 Å². The lowest BCUT2D eigenvalue weighted by Crippen LogP contribution is -2.58. The van der Waals surface area contributed by atoms with Crippen LogP contribution in [-0.4, -0.2) is 60.1 Å². The second-order valence-corrected chi connectivity index (χ2v) is 8.05. The van der Waals surface area contributed by atoms with E-state index in [0.29, 0.717) is 6.42 Å². The van der Waals surface area contributed by atoms with E-state index in [-0.39, 0.29) is 32.3 Å². The molecule has 190 valence electrons. The molecule has 35 heavy (non-hydrogen) atoms. The van der Waals surface area contributed by atoms with Crippen LogP contribution in [0.2, 0.25) is 0 Å². The van der Waals surface area contributed by atoms with Gasteiger partial charge in [-0.05, 0) is 18.1 Å². The minimum absolute atomic E-state index is 0.0333. The van der Waals surface area contributed by atoms with Gasteiger partial charge < -0.3 is 28.7 Å². The van der Waals surface area contributed by atoms with Crippen molar-refractivity contribution >= 4 is 34.8 Å². The van der Waals surface area contributed by atoms with E-state index in [9.17, 15) is 19.2 Å². The van der Waals surface area contributed by atoms with E-state index in [1.54, 1.807) is 20.8 Å². The number of hydrogen-bond acceptors (Lipinski definition) is 9. The fourth-order valence-corrected chi connectivity index (χ4v) is 3.70. The number of benzene rings is 1. The molecule has 2 aromatic rings. The van der Waals surface area contributed by atoms with Gasteiger partial charge in [-0.2, -0.15) is 0 Å². The molecule has 0 bridgehead atoms. The molecular formula is C25H31NO9. The molecule has 1 aromatic carbocycles. The Morgan fingerprint density at radius 3 is 2.17 bits per heavy atom. The summed E-state index contributed by atoms with van der Waals surface area (Å²) in [5.74, 6) is -2.32.